The second-order valence-electron chi connectivity index (χ2n) is 4.93. The van der Waals surface area contributed by atoms with Crippen molar-refractivity contribution in [1.29, 1.82) is 0 Å². The third-order valence-corrected chi connectivity index (χ3v) is 3.29. The van der Waals surface area contributed by atoms with Crippen molar-refractivity contribution in [3.8, 4) is 0 Å². The van der Waals surface area contributed by atoms with Crippen LogP contribution < -0.4 is 5.32 Å². The minimum absolute atomic E-state index is 0.182. The van der Waals surface area contributed by atoms with E-state index in [-0.39, 0.29) is 12.3 Å². The molecule has 0 bridgehead atoms. The molecule has 3 N–H and O–H groups in total. The first-order valence-corrected chi connectivity index (χ1v) is 7.11. The van der Waals surface area contributed by atoms with Crippen molar-refractivity contribution in [2.75, 3.05) is 6.54 Å². The number of aromatic nitrogens is 2. The van der Waals surface area contributed by atoms with Gasteiger partial charge in [-0.15, -0.1) is 0 Å². The van der Waals surface area contributed by atoms with Crippen molar-refractivity contribution < 1.29 is 14.7 Å². The van der Waals surface area contributed by atoms with E-state index in [1.165, 1.54) is 0 Å². The van der Waals surface area contributed by atoms with Crippen molar-refractivity contribution in [2.45, 2.75) is 32.1 Å². The molecule has 1 aromatic heterocycles. The number of nitrogens with zero attached hydrogens (tertiary/aromatic N) is 1. The zero-order valence-corrected chi connectivity index (χ0v) is 11.8. The van der Waals surface area contributed by atoms with E-state index in [0.29, 0.717) is 18.7 Å². The highest BCUT2D eigenvalue weighted by Crippen LogP contribution is 2.14. The van der Waals surface area contributed by atoms with Crippen LogP contribution in [0.5, 0.6) is 0 Å². The number of hydrogen-bond donors (Lipinski definition) is 3. The SMILES string of the molecule is O=C(O)CCCCCCNC(=O)c1n[nH]c2ccccc12. The zero-order valence-electron chi connectivity index (χ0n) is 11.8. The molecule has 0 atom stereocenters. The number of rotatable bonds is 8. The van der Waals surface area contributed by atoms with Gasteiger partial charge >= 0.3 is 5.97 Å². The number of unbranched alkanes of at least 4 members (excludes halogenated alkanes) is 3. The van der Waals surface area contributed by atoms with Crippen LogP contribution in [0, 0.1) is 0 Å². The molecule has 1 aromatic carbocycles. The first kappa shape index (κ1) is 15.0. The van der Waals surface area contributed by atoms with Crippen LogP contribution in [0.4, 0.5) is 0 Å². The normalized spacial score (nSPS) is 10.7. The predicted octanol–water partition coefficient (Wildman–Crippen LogP) is 2.33. The number of carboxylic acid groups (broad SMARTS) is 1. The van der Waals surface area contributed by atoms with Gasteiger partial charge in [-0.3, -0.25) is 14.7 Å². The summed E-state index contributed by atoms with van der Waals surface area (Å²) in [6.07, 6.45) is 3.52. The Morgan fingerprint density at radius 3 is 2.71 bits per heavy atom. The summed E-state index contributed by atoms with van der Waals surface area (Å²) in [5.41, 5.74) is 1.26. The largest absolute Gasteiger partial charge is 0.481 e. The smallest absolute Gasteiger partial charge is 0.303 e. The second kappa shape index (κ2) is 7.42. The Hall–Kier alpha value is -2.37. The van der Waals surface area contributed by atoms with Crippen LogP contribution in [0.1, 0.15) is 42.6 Å². The van der Waals surface area contributed by atoms with Gasteiger partial charge in [0.05, 0.1) is 5.52 Å². The Morgan fingerprint density at radius 1 is 1.14 bits per heavy atom. The van der Waals surface area contributed by atoms with Crippen molar-refractivity contribution >= 4 is 22.8 Å². The Bertz CT molecular complexity index is 621. The van der Waals surface area contributed by atoms with Crippen molar-refractivity contribution in [2.24, 2.45) is 0 Å². The minimum atomic E-state index is -0.756. The molecule has 0 saturated carbocycles. The average molecular weight is 289 g/mol. The molecule has 21 heavy (non-hydrogen) atoms. The molecule has 6 heteroatoms. The topological polar surface area (TPSA) is 95.1 Å². The molecule has 0 radical (unpaired) electrons. The highest BCUT2D eigenvalue weighted by atomic mass is 16.4. The lowest BCUT2D eigenvalue weighted by atomic mass is 10.1. The third-order valence-electron chi connectivity index (χ3n) is 3.29. The summed E-state index contributed by atoms with van der Waals surface area (Å²) in [4.78, 5) is 22.4. The van der Waals surface area contributed by atoms with Crippen LogP contribution >= 0.6 is 0 Å². The molecule has 0 aliphatic heterocycles. The molecule has 0 aliphatic rings. The minimum Gasteiger partial charge on any atom is -0.481 e. The van der Waals surface area contributed by atoms with E-state index in [4.69, 9.17) is 5.11 Å². The third kappa shape index (κ3) is 4.30. The van der Waals surface area contributed by atoms with E-state index in [0.717, 1.165) is 30.2 Å². The van der Waals surface area contributed by atoms with Crippen LogP contribution in [0.15, 0.2) is 24.3 Å². The molecule has 0 spiro atoms. The molecule has 0 saturated heterocycles. The lowest BCUT2D eigenvalue weighted by Crippen LogP contribution is -2.25. The van der Waals surface area contributed by atoms with Crippen molar-refractivity contribution in [3.05, 3.63) is 30.0 Å². The van der Waals surface area contributed by atoms with Gasteiger partial charge in [-0.05, 0) is 18.9 Å². The van der Waals surface area contributed by atoms with Crippen molar-refractivity contribution in [1.82, 2.24) is 15.5 Å². The highest BCUT2D eigenvalue weighted by molar-refractivity contribution is 6.04. The molecular weight excluding hydrogens is 270 g/mol. The molecule has 1 amide bonds. The quantitative estimate of drug-likeness (QED) is 0.650. The Balaban J connectivity index is 1.71. The van der Waals surface area contributed by atoms with Crippen LogP contribution in [0.25, 0.3) is 10.9 Å². The van der Waals surface area contributed by atoms with Gasteiger partial charge in [0.15, 0.2) is 5.69 Å². The molecule has 1 heterocycles. The number of amides is 1. The fraction of sp³-hybridized carbons (Fsp3) is 0.400. The van der Waals surface area contributed by atoms with E-state index in [1.54, 1.807) is 0 Å². The molecule has 0 aliphatic carbocycles. The van der Waals surface area contributed by atoms with Gasteiger partial charge in [0.2, 0.25) is 0 Å². The van der Waals surface area contributed by atoms with Crippen LogP contribution in [0.2, 0.25) is 0 Å². The van der Waals surface area contributed by atoms with E-state index in [2.05, 4.69) is 15.5 Å². The molecule has 0 fully saturated rings. The van der Waals surface area contributed by atoms with Crippen LogP contribution in [-0.2, 0) is 4.79 Å². The summed E-state index contributed by atoms with van der Waals surface area (Å²) in [7, 11) is 0. The molecule has 0 unspecified atom stereocenters. The van der Waals surface area contributed by atoms with Gasteiger partial charge in [-0.25, -0.2) is 0 Å². The second-order valence-corrected chi connectivity index (χ2v) is 4.93. The number of para-hydroxylation sites is 1. The molecule has 2 rings (SSSR count). The number of carbonyl (C=O) groups is 2. The average Bonchev–Trinajstić information content (AvgIpc) is 2.89. The number of carboxylic acids is 1. The maximum atomic E-state index is 12.0. The number of nitrogens with one attached hydrogen (secondary N) is 2. The van der Waals surface area contributed by atoms with Crippen LogP contribution in [-0.4, -0.2) is 33.7 Å². The summed E-state index contributed by atoms with van der Waals surface area (Å²) < 4.78 is 0. The van der Waals surface area contributed by atoms with Gasteiger partial charge in [-0.1, -0.05) is 31.0 Å². The van der Waals surface area contributed by atoms with Crippen molar-refractivity contribution in [3.63, 3.8) is 0 Å². The number of benzene rings is 1. The zero-order chi connectivity index (χ0) is 15.1. The fourth-order valence-electron chi connectivity index (χ4n) is 2.18. The lowest BCUT2D eigenvalue weighted by Gasteiger charge is -2.03. The summed E-state index contributed by atoms with van der Waals surface area (Å²) >= 11 is 0. The van der Waals surface area contributed by atoms with Gasteiger partial charge in [0.25, 0.3) is 5.91 Å². The standard InChI is InChI=1S/C15H19N3O3/c19-13(20)9-3-1-2-6-10-16-15(21)14-11-7-4-5-8-12(11)17-18-14/h4-5,7-8H,1-3,6,9-10H2,(H,16,21)(H,17,18)(H,19,20). The van der Waals surface area contributed by atoms with E-state index >= 15 is 0 Å². The monoisotopic (exact) mass is 289 g/mol. The van der Waals surface area contributed by atoms with E-state index in [9.17, 15) is 9.59 Å². The summed E-state index contributed by atoms with van der Waals surface area (Å²) in [5, 5.41) is 19.0. The predicted molar refractivity (Wildman–Crippen MR) is 79.1 cm³/mol. The van der Waals surface area contributed by atoms with E-state index < -0.39 is 5.97 Å². The molecule has 6 nitrogen and oxygen atoms in total. The van der Waals surface area contributed by atoms with E-state index in [1.807, 2.05) is 24.3 Å². The summed E-state index contributed by atoms with van der Waals surface area (Å²) in [5.74, 6) is -0.938. The number of aromatic amines is 1. The number of hydrogen-bond acceptors (Lipinski definition) is 3. The Kier molecular flexibility index (Phi) is 5.31. The number of aliphatic carboxylic acids is 1. The Labute approximate surface area is 122 Å². The highest BCUT2D eigenvalue weighted by Gasteiger charge is 2.12. The summed E-state index contributed by atoms with van der Waals surface area (Å²) in [6, 6.07) is 7.50. The van der Waals surface area contributed by atoms with Gasteiger partial charge in [0.1, 0.15) is 0 Å². The van der Waals surface area contributed by atoms with Gasteiger partial charge in [-0.2, -0.15) is 5.10 Å². The van der Waals surface area contributed by atoms with Gasteiger partial charge in [0, 0.05) is 18.4 Å². The van der Waals surface area contributed by atoms with Crippen LogP contribution in [0.3, 0.4) is 0 Å². The first-order chi connectivity index (χ1) is 10.2. The Morgan fingerprint density at radius 2 is 1.90 bits per heavy atom. The number of H-pyrrole nitrogens is 1. The van der Waals surface area contributed by atoms with Gasteiger partial charge < -0.3 is 10.4 Å². The summed E-state index contributed by atoms with van der Waals surface area (Å²) in [6.45, 7) is 0.576. The number of carbonyl (C=O) groups excluding carboxylic acids is 1. The first-order valence-electron chi connectivity index (χ1n) is 7.11. The maximum absolute atomic E-state index is 12.0. The molecule has 2 aromatic rings. The lowest BCUT2D eigenvalue weighted by molar-refractivity contribution is -0.137. The fourth-order valence-corrected chi connectivity index (χ4v) is 2.18. The number of fused-ring (bicyclic) bond motifs is 1. The maximum Gasteiger partial charge on any atom is 0.303 e. The molecular formula is C15H19N3O3. The molecule has 112 valence electrons.